The second-order valence-corrected chi connectivity index (χ2v) is 8.07. The largest absolute Gasteiger partial charge is 0.479 e. The summed E-state index contributed by atoms with van der Waals surface area (Å²) in [4.78, 5) is 48.7. The van der Waals surface area contributed by atoms with Gasteiger partial charge in [-0.3, -0.25) is 14.4 Å². The number of aliphatic carboxylic acids is 1. The first kappa shape index (κ1) is 26.5. The molecule has 0 aromatic carbocycles. The Labute approximate surface area is 190 Å². The quantitative estimate of drug-likeness (QED) is 0.0976. The van der Waals surface area contributed by atoms with Gasteiger partial charge in [0.25, 0.3) is 11.8 Å². The van der Waals surface area contributed by atoms with Crippen molar-refractivity contribution in [1.82, 2.24) is 10.2 Å². The van der Waals surface area contributed by atoms with Gasteiger partial charge in [0.15, 0.2) is 12.1 Å². The Bertz CT molecular complexity index is 660. The van der Waals surface area contributed by atoms with Crippen molar-refractivity contribution >= 4 is 58.6 Å². The van der Waals surface area contributed by atoms with E-state index >= 15 is 0 Å². The van der Waals surface area contributed by atoms with Crippen LogP contribution in [-0.2, 0) is 23.9 Å². The van der Waals surface area contributed by atoms with Crippen LogP contribution in [0, 0.1) is 0 Å². The van der Waals surface area contributed by atoms with Gasteiger partial charge < -0.3 is 20.1 Å². The number of rotatable bonds is 14. The van der Waals surface area contributed by atoms with Gasteiger partial charge in [-0.05, 0) is 24.8 Å². The molecule has 170 valence electrons. The van der Waals surface area contributed by atoms with Gasteiger partial charge in [0, 0.05) is 18.7 Å². The molecule has 1 aliphatic rings. The van der Waals surface area contributed by atoms with Crippen molar-refractivity contribution in [2.75, 3.05) is 11.8 Å². The lowest BCUT2D eigenvalue weighted by Crippen LogP contribution is -2.73. The molecule has 1 heterocycles. The zero-order valence-corrected chi connectivity index (χ0v) is 19.0. The van der Waals surface area contributed by atoms with Crippen molar-refractivity contribution in [3.05, 3.63) is 12.2 Å². The number of likely N-dealkylation sites (tertiary alicyclic amines) is 1. The lowest BCUT2D eigenvalue weighted by Gasteiger charge is -2.46. The molecule has 1 aliphatic heterocycles. The van der Waals surface area contributed by atoms with E-state index < -0.39 is 47.4 Å². The van der Waals surface area contributed by atoms with Crippen LogP contribution in [0.5, 0.6) is 0 Å². The van der Waals surface area contributed by atoms with Crippen molar-refractivity contribution in [1.29, 1.82) is 0 Å². The van der Waals surface area contributed by atoms with Crippen molar-refractivity contribution in [3.8, 4) is 0 Å². The van der Waals surface area contributed by atoms with Gasteiger partial charge in [-0.2, -0.15) is 0 Å². The Morgan fingerprint density at radius 1 is 1.20 bits per heavy atom. The number of carboxylic acid groups (broad SMARTS) is 1. The average molecular weight is 486 g/mol. The molecule has 0 saturated carbocycles. The summed E-state index contributed by atoms with van der Waals surface area (Å²) in [5, 5.41) is 11.8. The van der Waals surface area contributed by atoms with Gasteiger partial charge >= 0.3 is 11.9 Å². The number of nitrogens with zero attached hydrogens (tertiary/aromatic N) is 1. The van der Waals surface area contributed by atoms with E-state index in [1.54, 1.807) is 0 Å². The Balaban J connectivity index is 2.68. The monoisotopic (exact) mass is 484 g/mol. The number of carbonyl (C=O) groups excluding carboxylic acids is 3. The van der Waals surface area contributed by atoms with Crippen LogP contribution in [0.3, 0.4) is 0 Å². The predicted octanol–water partition coefficient (Wildman–Crippen LogP) is 2.64. The van der Waals surface area contributed by atoms with Crippen LogP contribution in [-0.4, -0.2) is 69.2 Å². The Hall–Kier alpha value is -1.51. The maximum atomic E-state index is 12.5. The Kier molecular flexibility index (Phi) is 11.5. The number of unbranched alkanes of at least 4 members (excludes halogenated alkanes) is 4. The summed E-state index contributed by atoms with van der Waals surface area (Å²) in [6, 6.07) is -2.52. The van der Waals surface area contributed by atoms with Crippen LogP contribution in [0.15, 0.2) is 12.2 Å². The van der Waals surface area contributed by atoms with Gasteiger partial charge in [0.1, 0.15) is 11.5 Å². The molecule has 0 radical (unpaired) electrons. The second-order valence-electron chi connectivity index (χ2n) is 6.98. The highest BCUT2D eigenvalue weighted by Crippen LogP contribution is 2.30. The normalized spacial score (nSPS) is 20.1. The first-order valence-electron chi connectivity index (χ1n) is 9.61. The van der Waals surface area contributed by atoms with Crippen molar-refractivity contribution < 1.29 is 29.0 Å². The van der Waals surface area contributed by atoms with E-state index in [1.165, 1.54) is 6.92 Å². The van der Waals surface area contributed by atoms with Gasteiger partial charge in [-0.25, -0.2) is 4.79 Å². The number of carboxylic acids is 1. The fourth-order valence-electron chi connectivity index (χ4n) is 3.09. The molecule has 1 saturated heterocycles. The standard InChI is InChI=1S/C19H27Cl3N2O6/c1-11(10-21)15(19(28)29)24-16(22)14(18(24)27)23-17(26)13(30-12(2)25)8-6-4-3-5-7-9-20/h13-16H,1,3-10H2,2H3,(H,23,26)(H,28,29). The molecule has 2 N–H and O–H groups in total. The van der Waals surface area contributed by atoms with E-state index in [4.69, 9.17) is 39.5 Å². The molecule has 0 aromatic rings. The first-order chi connectivity index (χ1) is 14.1. The van der Waals surface area contributed by atoms with Crippen LogP contribution in [0.2, 0.25) is 0 Å². The topological polar surface area (TPSA) is 113 Å². The molecule has 2 amide bonds. The molecule has 30 heavy (non-hydrogen) atoms. The minimum Gasteiger partial charge on any atom is -0.479 e. The number of nitrogens with one attached hydrogen (secondary N) is 1. The van der Waals surface area contributed by atoms with Crippen LogP contribution in [0.4, 0.5) is 0 Å². The summed E-state index contributed by atoms with van der Waals surface area (Å²) in [6.45, 7) is 4.75. The Morgan fingerprint density at radius 3 is 2.30 bits per heavy atom. The van der Waals surface area contributed by atoms with E-state index in [0.717, 1.165) is 30.6 Å². The molecule has 0 bridgehead atoms. The molecule has 11 heteroatoms. The van der Waals surface area contributed by atoms with Crippen LogP contribution in [0.25, 0.3) is 0 Å². The number of β-lactam (4-membered cyclic amide) rings is 1. The molecule has 0 aromatic heterocycles. The average Bonchev–Trinajstić information content (AvgIpc) is 2.70. The summed E-state index contributed by atoms with van der Waals surface area (Å²) in [6.07, 6.45) is 3.57. The maximum Gasteiger partial charge on any atom is 0.330 e. The van der Waals surface area contributed by atoms with Crippen molar-refractivity contribution in [2.24, 2.45) is 0 Å². The lowest BCUT2D eigenvalue weighted by molar-refractivity contribution is -0.162. The third-order valence-corrected chi connectivity index (χ3v) is 5.70. The predicted molar refractivity (Wildman–Crippen MR) is 114 cm³/mol. The first-order valence-corrected chi connectivity index (χ1v) is 11.1. The molecule has 4 atom stereocenters. The highest BCUT2D eigenvalue weighted by molar-refractivity contribution is 6.27. The van der Waals surface area contributed by atoms with Crippen molar-refractivity contribution in [3.63, 3.8) is 0 Å². The van der Waals surface area contributed by atoms with E-state index in [2.05, 4.69) is 11.9 Å². The SMILES string of the molecule is C=C(CCl)C(C(=O)O)N1C(=O)C(NC(=O)C(CCCCCCCCl)OC(C)=O)C1Cl. The Morgan fingerprint density at radius 2 is 1.80 bits per heavy atom. The van der Waals surface area contributed by atoms with Crippen molar-refractivity contribution in [2.45, 2.75) is 69.1 Å². The third kappa shape index (κ3) is 7.32. The van der Waals surface area contributed by atoms with E-state index in [1.807, 2.05) is 0 Å². The fraction of sp³-hybridized carbons (Fsp3) is 0.684. The fourth-order valence-corrected chi connectivity index (χ4v) is 3.80. The lowest BCUT2D eigenvalue weighted by atomic mass is 9.99. The molecule has 4 unspecified atom stereocenters. The summed E-state index contributed by atoms with van der Waals surface area (Å²) < 4.78 is 5.08. The van der Waals surface area contributed by atoms with E-state index in [0.29, 0.717) is 18.7 Å². The minimum absolute atomic E-state index is 0.0971. The van der Waals surface area contributed by atoms with E-state index in [-0.39, 0.29) is 11.5 Å². The summed E-state index contributed by atoms with van der Waals surface area (Å²) in [7, 11) is 0. The summed E-state index contributed by atoms with van der Waals surface area (Å²) in [5.74, 6) is -2.84. The second kappa shape index (κ2) is 13.0. The number of hydrogen-bond donors (Lipinski definition) is 2. The van der Waals surface area contributed by atoms with Crippen LogP contribution in [0.1, 0.15) is 45.4 Å². The molecule has 0 aliphatic carbocycles. The number of hydrogen-bond acceptors (Lipinski definition) is 5. The zero-order chi connectivity index (χ0) is 22.8. The van der Waals surface area contributed by atoms with Crippen LogP contribution < -0.4 is 5.32 Å². The van der Waals surface area contributed by atoms with Gasteiger partial charge in [-0.1, -0.05) is 37.4 Å². The van der Waals surface area contributed by atoms with Crippen LogP contribution >= 0.6 is 34.8 Å². The molecular weight excluding hydrogens is 459 g/mol. The number of alkyl halides is 3. The highest BCUT2D eigenvalue weighted by atomic mass is 35.5. The molecular formula is C19H27Cl3N2O6. The van der Waals surface area contributed by atoms with Gasteiger partial charge in [-0.15, -0.1) is 23.2 Å². The highest BCUT2D eigenvalue weighted by Gasteiger charge is 2.53. The molecule has 1 fully saturated rings. The smallest absolute Gasteiger partial charge is 0.330 e. The minimum atomic E-state index is -1.39. The number of esters is 1. The van der Waals surface area contributed by atoms with E-state index in [9.17, 15) is 24.3 Å². The van der Waals surface area contributed by atoms with Gasteiger partial charge in [0.2, 0.25) is 0 Å². The summed E-state index contributed by atoms with van der Waals surface area (Å²) >= 11 is 17.4. The van der Waals surface area contributed by atoms with Gasteiger partial charge in [0.05, 0.1) is 0 Å². The number of carbonyl (C=O) groups is 4. The molecule has 0 spiro atoms. The summed E-state index contributed by atoms with van der Waals surface area (Å²) in [5.41, 5.74) is -1.00. The molecule has 1 rings (SSSR count). The number of halogens is 3. The zero-order valence-electron chi connectivity index (χ0n) is 16.7. The number of amides is 2. The third-order valence-electron chi connectivity index (χ3n) is 4.63. The maximum absolute atomic E-state index is 12.5. The molecule has 8 nitrogen and oxygen atoms in total. The number of ether oxygens (including phenoxy) is 1.